The Morgan fingerprint density at radius 3 is 2.67 bits per heavy atom. The molecule has 1 aliphatic rings. The van der Waals surface area contributed by atoms with Crippen LogP contribution in [0, 0.1) is 0 Å². The number of carbonyl (C=O) groups excluding carboxylic acids is 1. The van der Waals surface area contributed by atoms with Crippen LogP contribution in [0.4, 0.5) is 0 Å². The quantitative estimate of drug-likeness (QED) is 0.609. The van der Waals surface area contributed by atoms with Crippen molar-refractivity contribution in [2.24, 2.45) is 0 Å². The van der Waals surface area contributed by atoms with Crippen LogP contribution in [-0.2, 0) is 13.0 Å². The molecule has 5 nitrogen and oxygen atoms in total. The van der Waals surface area contributed by atoms with Crippen molar-refractivity contribution >= 4 is 17.2 Å². The van der Waals surface area contributed by atoms with Gasteiger partial charge in [0.05, 0.1) is 23.9 Å². The molecular weight excluding hydrogens is 394 g/mol. The first kappa shape index (κ1) is 20.7. The van der Waals surface area contributed by atoms with Crippen molar-refractivity contribution in [2.45, 2.75) is 44.0 Å². The molecule has 1 amide bonds. The van der Waals surface area contributed by atoms with Gasteiger partial charge in [-0.1, -0.05) is 42.5 Å². The van der Waals surface area contributed by atoms with E-state index < -0.39 is 6.10 Å². The Kier molecular flexibility index (Phi) is 6.57. The molecule has 4 rings (SSSR count). The van der Waals surface area contributed by atoms with Crippen LogP contribution in [0.1, 0.15) is 46.1 Å². The molecule has 1 aliphatic heterocycles. The molecule has 1 fully saturated rings. The van der Waals surface area contributed by atoms with Gasteiger partial charge < -0.3 is 15.3 Å². The zero-order valence-corrected chi connectivity index (χ0v) is 17.9. The van der Waals surface area contributed by atoms with Gasteiger partial charge in [0.1, 0.15) is 0 Å². The van der Waals surface area contributed by atoms with Gasteiger partial charge in [0, 0.05) is 30.1 Å². The highest BCUT2D eigenvalue weighted by molar-refractivity contribution is 7.07. The number of hydrogen-bond donors (Lipinski definition) is 2. The van der Waals surface area contributed by atoms with Gasteiger partial charge in [-0.3, -0.25) is 4.79 Å². The first-order chi connectivity index (χ1) is 14.6. The van der Waals surface area contributed by atoms with E-state index in [0.29, 0.717) is 18.2 Å². The van der Waals surface area contributed by atoms with Gasteiger partial charge in [-0.15, -0.1) is 11.3 Å². The number of hydrogen-bond acceptors (Lipinski definition) is 5. The second-order valence-corrected chi connectivity index (χ2v) is 8.66. The second kappa shape index (κ2) is 9.51. The summed E-state index contributed by atoms with van der Waals surface area (Å²) in [7, 11) is 1.80. The van der Waals surface area contributed by atoms with Crippen LogP contribution in [0.25, 0.3) is 0 Å². The minimum absolute atomic E-state index is 0.000381. The predicted molar refractivity (Wildman–Crippen MR) is 119 cm³/mol. The number of aliphatic hydroxyl groups is 1. The molecule has 2 aromatic carbocycles. The molecule has 156 valence electrons. The van der Waals surface area contributed by atoms with Crippen LogP contribution in [-0.4, -0.2) is 40.0 Å². The van der Waals surface area contributed by atoms with E-state index in [1.165, 1.54) is 16.9 Å². The summed E-state index contributed by atoms with van der Waals surface area (Å²) < 4.78 is 0. The van der Waals surface area contributed by atoms with E-state index in [9.17, 15) is 9.90 Å². The number of amides is 1. The maximum Gasteiger partial charge on any atom is 0.253 e. The summed E-state index contributed by atoms with van der Waals surface area (Å²) in [6.07, 6.45) is 2.40. The number of aliphatic hydroxyl groups excluding tert-OH is 1. The lowest BCUT2D eigenvalue weighted by Gasteiger charge is -2.20. The smallest absolute Gasteiger partial charge is 0.253 e. The summed E-state index contributed by atoms with van der Waals surface area (Å²) in [4.78, 5) is 18.6. The molecular formula is C24H27N3O2S. The highest BCUT2D eigenvalue weighted by Gasteiger charge is 2.29. The van der Waals surface area contributed by atoms with E-state index in [0.717, 1.165) is 30.5 Å². The fourth-order valence-corrected chi connectivity index (χ4v) is 4.61. The topological polar surface area (TPSA) is 65.5 Å². The predicted octanol–water partition coefficient (Wildman–Crippen LogP) is 3.81. The van der Waals surface area contributed by atoms with Crippen molar-refractivity contribution in [3.05, 3.63) is 87.9 Å². The number of nitrogens with zero attached hydrogens (tertiary/aromatic N) is 2. The Labute approximate surface area is 181 Å². The SMILES string of the molecule is CN(Cc1cscn1)C(=O)c1ccc(C[C@@H]2CC[C@H]([C@H](O)c3ccccc3)N2)cc1. The van der Waals surface area contributed by atoms with Gasteiger partial charge in [0.2, 0.25) is 0 Å². The third-order valence-electron chi connectivity index (χ3n) is 5.71. The fourth-order valence-electron chi connectivity index (χ4n) is 4.06. The number of thiazole rings is 1. The summed E-state index contributed by atoms with van der Waals surface area (Å²) in [5.41, 5.74) is 5.53. The third-order valence-corrected chi connectivity index (χ3v) is 6.35. The lowest BCUT2D eigenvalue weighted by molar-refractivity contribution is 0.0783. The third kappa shape index (κ3) is 4.95. The molecule has 3 aromatic rings. The van der Waals surface area contributed by atoms with Crippen LogP contribution in [0.3, 0.4) is 0 Å². The van der Waals surface area contributed by atoms with Gasteiger partial charge in [-0.05, 0) is 42.5 Å². The Hall–Kier alpha value is -2.54. The van der Waals surface area contributed by atoms with Crippen molar-refractivity contribution in [2.75, 3.05) is 7.05 Å². The number of carbonyl (C=O) groups is 1. The minimum Gasteiger partial charge on any atom is -0.387 e. The summed E-state index contributed by atoms with van der Waals surface area (Å²) in [6.45, 7) is 0.515. The minimum atomic E-state index is -0.482. The average Bonchev–Trinajstić information content (AvgIpc) is 3.46. The van der Waals surface area contributed by atoms with E-state index in [2.05, 4.69) is 10.3 Å². The number of aromatic nitrogens is 1. The summed E-state index contributed by atoms with van der Waals surface area (Å²) >= 11 is 1.54. The van der Waals surface area contributed by atoms with E-state index in [-0.39, 0.29) is 11.9 Å². The van der Waals surface area contributed by atoms with Crippen molar-refractivity contribution in [1.29, 1.82) is 0 Å². The molecule has 0 bridgehead atoms. The number of benzene rings is 2. The fraction of sp³-hybridized carbons (Fsp3) is 0.333. The zero-order valence-electron chi connectivity index (χ0n) is 17.1. The number of rotatable bonds is 7. The highest BCUT2D eigenvalue weighted by atomic mass is 32.1. The standard InChI is InChI=1S/C24H27N3O2S/c1-27(14-21-15-30-16-25-21)24(29)19-9-7-17(8-10-19)13-20-11-12-22(26-20)23(28)18-5-3-2-4-6-18/h2-10,15-16,20,22-23,26,28H,11-14H2,1H3/t20-,22+,23+/m0/s1. The lowest BCUT2D eigenvalue weighted by Crippen LogP contribution is -2.35. The molecule has 3 atom stereocenters. The molecule has 0 spiro atoms. The molecule has 2 N–H and O–H groups in total. The molecule has 6 heteroatoms. The largest absolute Gasteiger partial charge is 0.387 e. The monoisotopic (exact) mass is 421 g/mol. The van der Waals surface area contributed by atoms with E-state index in [4.69, 9.17) is 0 Å². The van der Waals surface area contributed by atoms with Gasteiger partial charge in [-0.2, -0.15) is 0 Å². The zero-order chi connectivity index (χ0) is 20.9. The number of nitrogens with one attached hydrogen (secondary N) is 1. The van der Waals surface area contributed by atoms with Gasteiger partial charge >= 0.3 is 0 Å². The van der Waals surface area contributed by atoms with Crippen molar-refractivity contribution in [3.63, 3.8) is 0 Å². The van der Waals surface area contributed by atoms with Gasteiger partial charge in [0.15, 0.2) is 0 Å². The first-order valence-electron chi connectivity index (χ1n) is 10.3. The molecule has 0 aliphatic carbocycles. The summed E-state index contributed by atoms with van der Waals surface area (Å²) in [5.74, 6) is -0.000381. The Bertz CT molecular complexity index is 944. The Morgan fingerprint density at radius 2 is 1.97 bits per heavy atom. The lowest BCUT2D eigenvalue weighted by atomic mass is 10.0. The molecule has 1 saturated heterocycles. The van der Waals surface area contributed by atoms with E-state index >= 15 is 0 Å². The molecule has 0 radical (unpaired) electrons. The molecule has 0 saturated carbocycles. The Balaban J connectivity index is 1.31. The van der Waals surface area contributed by atoms with E-state index in [1.807, 2.05) is 60.0 Å². The molecule has 0 unspecified atom stereocenters. The molecule has 1 aromatic heterocycles. The van der Waals surface area contributed by atoms with Crippen molar-refractivity contribution in [3.8, 4) is 0 Å². The van der Waals surface area contributed by atoms with Crippen LogP contribution in [0.5, 0.6) is 0 Å². The second-order valence-electron chi connectivity index (χ2n) is 7.94. The highest BCUT2D eigenvalue weighted by Crippen LogP contribution is 2.26. The average molecular weight is 422 g/mol. The van der Waals surface area contributed by atoms with Crippen LogP contribution in [0.15, 0.2) is 65.5 Å². The van der Waals surface area contributed by atoms with E-state index in [1.54, 1.807) is 17.5 Å². The Morgan fingerprint density at radius 1 is 1.20 bits per heavy atom. The van der Waals surface area contributed by atoms with Crippen LogP contribution >= 0.6 is 11.3 Å². The van der Waals surface area contributed by atoms with Gasteiger partial charge in [-0.25, -0.2) is 4.98 Å². The molecule has 30 heavy (non-hydrogen) atoms. The summed E-state index contributed by atoms with van der Waals surface area (Å²) in [6, 6.07) is 18.1. The normalized spacial score (nSPS) is 19.5. The van der Waals surface area contributed by atoms with Crippen molar-refractivity contribution in [1.82, 2.24) is 15.2 Å². The maximum absolute atomic E-state index is 12.6. The van der Waals surface area contributed by atoms with Crippen LogP contribution < -0.4 is 5.32 Å². The first-order valence-corrected chi connectivity index (χ1v) is 11.2. The van der Waals surface area contributed by atoms with Gasteiger partial charge in [0.25, 0.3) is 5.91 Å². The maximum atomic E-state index is 12.6. The summed E-state index contributed by atoms with van der Waals surface area (Å²) in [5, 5.41) is 16.2. The molecule has 2 heterocycles. The van der Waals surface area contributed by atoms with Crippen LogP contribution in [0.2, 0.25) is 0 Å². The van der Waals surface area contributed by atoms with Crippen molar-refractivity contribution < 1.29 is 9.90 Å².